The Morgan fingerprint density at radius 3 is 2.58 bits per heavy atom. The maximum absolute atomic E-state index is 11.5. The molecule has 0 saturated carbocycles. The third-order valence-corrected chi connectivity index (χ3v) is 5.36. The second kappa shape index (κ2) is 7.64. The first-order chi connectivity index (χ1) is 11.6. The lowest BCUT2D eigenvalue weighted by Crippen LogP contribution is -2.59. The Labute approximate surface area is 144 Å². The maximum atomic E-state index is 11.5. The van der Waals surface area contributed by atoms with E-state index in [1.807, 2.05) is 23.1 Å². The Morgan fingerprint density at radius 2 is 1.96 bits per heavy atom. The molecule has 0 aromatic heterocycles. The third-order valence-electron chi connectivity index (χ3n) is 5.36. The number of carbonyl (C=O) groups excluding carboxylic acids is 1. The summed E-state index contributed by atoms with van der Waals surface area (Å²) in [5, 5.41) is 10.0. The van der Waals surface area contributed by atoms with Crippen LogP contribution in [0.15, 0.2) is 30.3 Å². The fourth-order valence-corrected chi connectivity index (χ4v) is 3.96. The summed E-state index contributed by atoms with van der Waals surface area (Å²) in [5.41, 5.74) is 0.678. The molecule has 5 heteroatoms. The van der Waals surface area contributed by atoms with Gasteiger partial charge in [0.15, 0.2) is 0 Å². The van der Waals surface area contributed by atoms with Gasteiger partial charge in [-0.05, 0) is 18.4 Å². The lowest BCUT2D eigenvalue weighted by molar-refractivity contribution is -0.146. The number of benzene rings is 1. The van der Waals surface area contributed by atoms with Crippen molar-refractivity contribution in [1.82, 2.24) is 9.80 Å². The molecule has 1 atom stereocenters. The molecule has 1 aromatic rings. The van der Waals surface area contributed by atoms with Gasteiger partial charge in [-0.1, -0.05) is 30.3 Å². The second-order valence-electron chi connectivity index (χ2n) is 7.06. The molecule has 2 aliphatic heterocycles. The summed E-state index contributed by atoms with van der Waals surface area (Å²) in [6, 6.07) is 10.7. The van der Waals surface area contributed by atoms with Crippen molar-refractivity contribution in [2.75, 3.05) is 39.4 Å². The third kappa shape index (κ3) is 3.97. The van der Waals surface area contributed by atoms with Gasteiger partial charge in [0.2, 0.25) is 5.91 Å². The SMILES string of the molecule is CC(=O)N1CCC(N2CCO[C@](CO)(Cc3ccccc3)C2)CC1. The van der Waals surface area contributed by atoms with Crippen molar-refractivity contribution < 1.29 is 14.6 Å². The predicted molar refractivity (Wildman–Crippen MR) is 92.8 cm³/mol. The first kappa shape index (κ1) is 17.4. The van der Waals surface area contributed by atoms with Crippen molar-refractivity contribution in [3.8, 4) is 0 Å². The van der Waals surface area contributed by atoms with E-state index < -0.39 is 5.60 Å². The fourth-order valence-electron chi connectivity index (χ4n) is 3.96. The highest BCUT2D eigenvalue weighted by molar-refractivity contribution is 5.73. The van der Waals surface area contributed by atoms with Gasteiger partial charge in [-0.25, -0.2) is 0 Å². The van der Waals surface area contributed by atoms with E-state index in [4.69, 9.17) is 4.74 Å². The van der Waals surface area contributed by atoms with Gasteiger partial charge in [0.25, 0.3) is 0 Å². The smallest absolute Gasteiger partial charge is 0.219 e. The van der Waals surface area contributed by atoms with Crippen LogP contribution < -0.4 is 0 Å². The molecule has 0 radical (unpaired) electrons. The standard InChI is InChI=1S/C19H28N2O3/c1-16(23)20-9-7-18(8-10-20)21-11-12-24-19(14-21,15-22)13-17-5-3-2-4-6-17/h2-6,18,22H,7-15H2,1H3/t19-/m1/s1. The van der Waals surface area contributed by atoms with E-state index in [1.54, 1.807) is 6.92 Å². The lowest BCUT2D eigenvalue weighted by atomic mass is 9.91. The zero-order valence-corrected chi connectivity index (χ0v) is 14.5. The molecule has 2 saturated heterocycles. The summed E-state index contributed by atoms with van der Waals surface area (Å²) >= 11 is 0. The van der Waals surface area contributed by atoms with Crippen LogP contribution in [0.2, 0.25) is 0 Å². The van der Waals surface area contributed by atoms with Gasteiger partial charge in [-0.3, -0.25) is 9.69 Å². The Hall–Kier alpha value is -1.43. The first-order valence-corrected chi connectivity index (χ1v) is 8.90. The van der Waals surface area contributed by atoms with Gasteiger partial charge in [0, 0.05) is 45.6 Å². The van der Waals surface area contributed by atoms with Crippen molar-refractivity contribution in [1.29, 1.82) is 0 Å². The molecular formula is C19H28N2O3. The summed E-state index contributed by atoms with van der Waals surface area (Å²) in [5.74, 6) is 0.171. The van der Waals surface area contributed by atoms with E-state index in [1.165, 1.54) is 5.56 Å². The number of likely N-dealkylation sites (tertiary alicyclic amines) is 1. The van der Waals surface area contributed by atoms with E-state index in [-0.39, 0.29) is 12.5 Å². The van der Waals surface area contributed by atoms with Crippen molar-refractivity contribution in [2.45, 2.75) is 37.8 Å². The number of aliphatic hydroxyl groups excluding tert-OH is 1. The monoisotopic (exact) mass is 332 g/mol. The minimum Gasteiger partial charge on any atom is -0.393 e. The van der Waals surface area contributed by atoms with Gasteiger partial charge in [0.1, 0.15) is 5.60 Å². The molecule has 1 aromatic carbocycles. The van der Waals surface area contributed by atoms with Gasteiger partial charge in [0.05, 0.1) is 13.2 Å². The molecule has 2 aliphatic rings. The van der Waals surface area contributed by atoms with Crippen LogP contribution in [0.3, 0.4) is 0 Å². The van der Waals surface area contributed by atoms with Gasteiger partial charge >= 0.3 is 0 Å². The number of morpholine rings is 1. The van der Waals surface area contributed by atoms with E-state index in [9.17, 15) is 9.90 Å². The maximum Gasteiger partial charge on any atom is 0.219 e. The van der Waals surface area contributed by atoms with Crippen LogP contribution >= 0.6 is 0 Å². The molecule has 0 aliphatic carbocycles. The molecule has 1 amide bonds. The molecule has 24 heavy (non-hydrogen) atoms. The number of hydrogen-bond donors (Lipinski definition) is 1. The average molecular weight is 332 g/mol. The predicted octanol–water partition coefficient (Wildman–Crippen LogP) is 1.30. The molecule has 5 nitrogen and oxygen atoms in total. The summed E-state index contributed by atoms with van der Waals surface area (Å²) in [7, 11) is 0. The molecular weight excluding hydrogens is 304 g/mol. The molecule has 2 fully saturated rings. The molecule has 0 unspecified atom stereocenters. The number of piperidine rings is 1. The van der Waals surface area contributed by atoms with E-state index in [0.717, 1.165) is 45.4 Å². The molecule has 0 spiro atoms. The normalized spacial score (nSPS) is 26.5. The molecule has 0 bridgehead atoms. The highest BCUT2D eigenvalue weighted by Gasteiger charge is 2.39. The quantitative estimate of drug-likeness (QED) is 0.903. The number of amides is 1. The largest absolute Gasteiger partial charge is 0.393 e. The van der Waals surface area contributed by atoms with Crippen molar-refractivity contribution in [3.05, 3.63) is 35.9 Å². The van der Waals surface area contributed by atoms with Crippen LogP contribution in [0.1, 0.15) is 25.3 Å². The van der Waals surface area contributed by atoms with E-state index >= 15 is 0 Å². The minimum absolute atomic E-state index is 0.0324. The topological polar surface area (TPSA) is 53.0 Å². The Morgan fingerprint density at radius 1 is 1.25 bits per heavy atom. The fraction of sp³-hybridized carbons (Fsp3) is 0.632. The van der Waals surface area contributed by atoms with E-state index in [2.05, 4.69) is 17.0 Å². The average Bonchev–Trinajstić information content (AvgIpc) is 2.63. The van der Waals surface area contributed by atoms with Crippen LogP contribution in [-0.2, 0) is 16.0 Å². The Bertz CT molecular complexity index is 543. The lowest BCUT2D eigenvalue weighted by Gasteiger charge is -2.47. The van der Waals surface area contributed by atoms with E-state index in [0.29, 0.717) is 12.6 Å². The first-order valence-electron chi connectivity index (χ1n) is 8.90. The zero-order chi connectivity index (χ0) is 17.0. The summed E-state index contributed by atoms with van der Waals surface area (Å²) < 4.78 is 6.04. The minimum atomic E-state index is -0.517. The molecule has 1 N–H and O–H groups in total. The zero-order valence-electron chi connectivity index (χ0n) is 14.5. The van der Waals surface area contributed by atoms with Crippen LogP contribution in [0, 0.1) is 0 Å². The van der Waals surface area contributed by atoms with Crippen molar-refractivity contribution in [2.24, 2.45) is 0 Å². The number of aliphatic hydroxyl groups is 1. The van der Waals surface area contributed by atoms with Crippen molar-refractivity contribution >= 4 is 5.91 Å². The number of rotatable bonds is 4. The van der Waals surface area contributed by atoms with Crippen LogP contribution in [0.25, 0.3) is 0 Å². The van der Waals surface area contributed by atoms with Crippen molar-refractivity contribution in [3.63, 3.8) is 0 Å². The summed E-state index contributed by atoms with van der Waals surface area (Å²) in [6.45, 7) is 5.66. The molecule has 132 valence electrons. The number of carbonyl (C=O) groups is 1. The number of ether oxygens (including phenoxy) is 1. The summed E-state index contributed by atoms with van der Waals surface area (Å²) in [6.07, 6.45) is 2.74. The Kier molecular flexibility index (Phi) is 5.54. The second-order valence-corrected chi connectivity index (χ2v) is 7.06. The van der Waals surface area contributed by atoms with Gasteiger partial charge in [-0.2, -0.15) is 0 Å². The highest BCUT2D eigenvalue weighted by atomic mass is 16.5. The van der Waals surface area contributed by atoms with Crippen LogP contribution in [0.4, 0.5) is 0 Å². The number of hydrogen-bond acceptors (Lipinski definition) is 4. The van der Waals surface area contributed by atoms with Crippen LogP contribution in [0.5, 0.6) is 0 Å². The van der Waals surface area contributed by atoms with Gasteiger partial charge < -0.3 is 14.7 Å². The van der Waals surface area contributed by atoms with Crippen LogP contribution in [-0.4, -0.2) is 71.8 Å². The highest BCUT2D eigenvalue weighted by Crippen LogP contribution is 2.27. The van der Waals surface area contributed by atoms with Gasteiger partial charge in [-0.15, -0.1) is 0 Å². The molecule has 2 heterocycles. The Balaban J connectivity index is 1.63. The number of nitrogens with zero attached hydrogens (tertiary/aromatic N) is 2. The molecule has 3 rings (SSSR count). The summed E-state index contributed by atoms with van der Waals surface area (Å²) in [4.78, 5) is 15.9.